The fourth-order valence-electron chi connectivity index (χ4n) is 1.81. The van der Waals surface area contributed by atoms with Crippen LogP contribution in [0.5, 0.6) is 11.5 Å². The van der Waals surface area contributed by atoms with Gasteiger partial charge in [-0.1, -0.05) is 17.5 Å². The molecule has 1 aromatic carbocycles. The minimum Gasteiger partial charge on any atom is -0.490 e. The summed E-state index contributed by atoms with van der Waals surface area (Å²) in [5, 5.41) is 4.19. The summed E-state index contributed by atoms with van der Waals surface area (Å²) in [4.78, 5) is 11.7. The Hall–Kier alpha value is -2.91. The second kappa shape index (κ2) is 8.65. The number of nitrogens with one attached hydrogen (secondary N) is 1. The van der Waals surface area contributed by atoms with Gasteiger partial charge in [-0.3, -0.25) is 4.79 Å². The van der Waals surface area contributed by atoms with Crippen molar-refractivity contribution < 1.29 is 18.7 Å². The van der Waals surface area contributed by atoms with E-state index in [4.69, 9.17) is 31.9 Å². The van der Waals surface area contributed by atoms with Crippen LogP contribution in [0.2, 0.25) is 5.02 Å². The Morgan fingerprint density at radius 3 is 3.00 bits per heavy atom. The maximum absolute atomic E-state index is 11.7. The highest BCUT2D eigenvalue weighted by Gasteiger charge is 2.12. The number of nitrogens with zero attached hydrogens (tertiary/aromatic N) is 1. The number of carbonyl (C=O) groups is 1. The van der Waals surface area contributed by atoms with Gasteiger partial charge in [0.15, 0.2) is 17.3 Å². The number of halogens is 1. The summed E-state index contributed by atoms with van der Waals surface area (Å²) in [6.45, 7) is 2.34. The summed E-state index contributed by atoms with van der Waals surface area (Å²) in [6, 6.07) is 6.45. The maximum Gasteiger partial charge on any atom is 0.307 e. The van der Waals surface area contributed by atoms with Gasteiger partial charge in [-0.2, -0.15) is 5.10 Å². The second-order valence-corrected chi connectivity index (χ2v) is 4.84. The lowest BCUT2D eigenvalue weighted by molar-refractivity contribution is 0.0927. The van der Waals surface area contributed by atoms with Crippen LogP contribution in [0.25, 0.3) is 0 Å². The number of terminal acetylenes is 1. The van der Waals surface area contributed by atoms with Gasteiger partial charge in [0, 0.05) is 0 Å². The monoisotopic (exact) mass is 346 g/mol. The number of amides is 1. The van der Waals surface area contributed by atoms with E-state index in [-0.39, 0.29) is 12.4 Å². The Morgan fingerprint density at radius 1 is 1.50 bits per heavy atom. The van der Waals surface area contributed by atoms with Crippen LogP contribution in [-0.2, 0) is 0 Å². The third kappa shape index (κ3) is 4.54. The van der Waals surface area contributed by atoms with Crippen molar-refractivity contribution in [2.45, 2.75) is 6.92 Å². The largest absolute Gasteiger partial charge is 0.490 e. The van der Waals surface area contributed by atoms with E-state index in [0.29, 0.717) is 28.7 Å². The van der Waals surface area contributed by atoms with E-state index in [0.717, 1.165) is 0 Å². The van der Waals surface area contributed by atoms with Gasteiger partial charge < -0.3 is 13.9 Å². The third-order valence-electron chi connectivity index (χ3n) is 2.76. The molecule has 7 heteroatoms. The second-order valence-electron chi connectivity index (χ2n) is 4.43. The molecule has 1 N–H and O–H groups in total. The van der Waals surface area contributed by atoms with E-state index < -0.39 is 5.91 Å². The van der Waals surface area contributed by atoms with E-state index >= 15 is 0 Å². The molecule has 0 fully saturated rings. The van der Waals surface area contributed by atoms with Gasteiger partial charge in [-0.15, -0.1) is 6.42 Å². The van der Waals surface area contributed by atoms with E-state index in [1.165, 1.54) is 18.5 Å². The number of carbonyl (C=O) groups excluding carboxylic acids is 1. The SMILES string of the molecule is C#CCOc1c(Cl)cc(/C=N/NC(=O)c2ccco2)cc1OCC. The molecule has 24 heavy (non-hydrogen) atoms. The molecule has 0 aliphatic carbocycles. The maximum atomic E-state index is 11.7. The molecule has 0 aliphatic rings. The molecule has 0 saturated heterocycles. The van der Waals surface area contributed by atoms with Crippen molar-refractivity contribution >= 4 is 23.7 Å². The molecule has 1 aromatic heterocycles. The average molecular weight is 347 g/mol. The van der Waals surface area contributed by atoms with Crippen molar-refractivity contribution in [2.24, 2.45) is 5.10 Å². The smallest absolute Gasteiger partial charge is 0.307 e. The number of hydrogen-bond donors (Lipinski definition) is 1. The minimum atomic E-state index is -0.457. The zero-order valence-corrected chi connectivity index (χ0v) is 13.7. The summed E-state index contributed by atoms with van der Waals surface area (Å²) >= 11 is 6.19. The number of rotatable bonds is 7. The predicted molar refractivity (Wildman–Crippen MR) is 90.7 cm³/mol. The van der Waals surface area contributed by atoms with Crippen LogP contribution >= 0.6 is 11.6 Å². The zero-order chi connectivity index (χ0) is 17.4. The number of furan rings is 1. The quantitative estimate of drug-likeness (QED) is 0.475. The Morgan fingerprint density at radius 2 is 2.33 bits per heavy atom. The summed E-state index contributed by atoms with van der Waals surface area (Å²) < 4.78 is 15.9. The van der Waals surface area contributed by atoms with Crippen LogP contribution in [0.15, 0.2) is 40.0 Å². The van der Waals surface area contributed by atoms with Crippen molar-refractivity contribution in [1.82, 2.24) is 5.43 Å². The molecule has 0 atom stereocenters. The molecule has 0 saturated carbocycles. The van der Waals surface area contributed by atoms with Gasteiger partial charge in [-0.25, -0.2) is 5.43 Å². The van der Waals surface area contributed by atoms with Crippen LogP contribution in [0.1, 0.15) is 23.0 Å². The number of hydrogen-bond acceptors (Lipinski definition) is 5. The third-order valence-corrected chi connectivity index (χ3v) is 3.04. The molecular weight excluding hydrogens is 332 g/mol. The molecule has 2 rings (SSSR count). The first-order valence-electron chi connectivity index (χ1n) is 7.05. The number of ether oxygens (including phenoxy) is 2. The highest BCUT2D eigenvalue weighted by Crippen LogP contribution is 2.36. The van der Waals surface area contributed by atoms with Crippen molar-refractivity contribution in [3.8, 4) is 23.8 Å². The number of benzene rings is 1. The molecule has 2 aromatic rings. The molecule has 0 spiro atoms. The van der Waals surface area contributed by atoms with Gasteiger partial charge in [0.2, 0.25) is 0 Å². The normalized spacial score (nSPS) is 10.4. The summed E-state index contributed by atoms with van der Waals surface area (Å²) in [7, 11) is 0. The highest BCUT2D eigenvalue weighted by atomic mass is 35.5. The fraction of sp³-hybridized carbons (Fsp3) is 0.176. The standard InChI is InChI=1S/C17H15ClN2O4/c1-3-7-24-16-13(18)9-12(10-15(16)22-4-2)11-19-20-17(21)14-6-5-8-23-14/h1,5-6,8-11H,4,7H2,2H3,(H,20,21)/b19-11+. The van der Waals surface area contributed by atoms with Gasteiger partial charge in [-0.05, 0) is 36.8 Å². The topological polar surface area (TPSA) is 73.1 Å². The Kier molecular flexibility index (Phi) is 6.29. The van der Waals surface area contributed by atoms with Crippen molar-refractivity contribution in [3.05, 3.63) is 46.9 Å². The van der Waals surface area contributed by atoms with Crippen LogP contribution in [0.4, 0.5) is 0 Å². The highest BCUT2D eigenvalue weighted by molar-refractivity contribution is 6.32. The van der Waals surface area contributed by atoms with E-state index in [9.17, 15) is 4.79 Å². The molecule has 1 amide bonds. The molecule has 1 heterocycles. The number of hydrazone groups is 1. The van der Waals surface area contributed by atoms with E-state index in [2.05, 4.69) is 16.4 Å². The first-order valence-corrected chi connectivity index (χ1v) is 7.43. The lowest BCUT2D eigenvalue weighted by atomic mass is 10.2. The molecule has 124 valence electrons. The first kappa shape index (κ1) is 17.4. The minimum absolute atomic E-state index is 0.0758. The fourth-order valence-corrected chi connectivity index (χ4v) is 2.08. The predicted octanol–water partition coefficient (Wildman–Crippen LogP) is 3.11. The van der Waals surface area contributed by atoms with Crippen molar-refractivity contribution in [1.29, 1.82) is 0 Å². The van der Waals surface area contributed by atoms with Crippen LogP contribution in [0.3, 0.4) is 0 Å². The molecule has 0 bridgehead atoms. The Bertz CT molecular complexity index is 764. The van der Waals surface area contributed by atoms with Crippen LogP contribution in [0, 0.1) is 12.3 Å². The summed E-state index contributed by atoms with van der Waals surface area (Å²) in [6.07, 6.45) is 8.02. The van der Waals surface area contributed by atoms with Crippen molar-refractivity contribution in [2.75, 3.05) is 13.2 Å². The molecular formula is C17H15ClN2O4. The zero-order valence-electron chi connectivity index (χ0n) is 12.9. The average Bonchev–Trinajstić information content (AvgIpc) is 3.09. The molecule has 0 aliphatic heterocycles. The van der Waals surface area contributed by atoms with Gasteiger partial charge in [0.25, 0.3) is 0 Å². The van der Waals surface area contributed by atoms with Gasteiger partial charge >= 0.3 is 5.91 Å². The summed E-state index contributed by atoms with van der Waals surface area (Å²) in [5.41, 5.74) is 2.97. The van der Waals surface area contributed by atoms with Gasteiger partial charge in [0.1, 0.15) is 6.61 Å². The van der Waals surface area contributed by atoms with Crippen molar-refractivity contribution in [3.63, 3.8) is 0 Å². The molecule has 6 nitrogen and oxygen atoms in total. The molecule has 0 radical (unpaired) electrons. The molecule has 0 unspecified atom stereocenters. The first-order chi connectivity index (χ1) is 11.7. The van der Waals surface area contributed by atoms with E-state index in [1.54, 1.807) is 18.2 Å². The summed E-state index contributed by atoms with van der Waals surface area (Å²) in [5.74, 6) is 2.89. The Labute approximate surface area is 144 Å². The van der Waals surface area contributed by atoms with Gasteiger partial charge in [0.05, 0.1) is 24.1 Å². The van der Waals surface area contributed by atoms with E-state index in [1.807, 2.05) is 6.92 Å². The lowest BCUT2D eigenvalue weighted by Crippen LogP contribution is -2.16. The van der Waals surface area contributed by atoms with Crippen LogP contribution in [-0.4, -0.2) is 25.3 Å². The Balaban J connectivity index is 2.13. The van der Waals surface area contributed by atoms with Crippen LogP contribution < -0.4 is 14.9 Å². The lowest BCUT2D eigenvalue weighted by Gasteiger charge is -2.12.